The van der Waals surface area contributed by atoms with Gasteiger partial charge in [0.1, 0.15) is 17.7 Å². The minimum Gasteiger partial charge on any atom is -0.444 e. The summed E-state index contributed by atoms with van der Waals surface area (Å²) in [5, 5.41) is 5.16. The number of hydrogen-bond donors (Lipinski definition) is 3. The summed E-state index contributed by atoms with van der Waals surface area (Å²) in [5.74, 6) is -2.35. The average molecular weight is 505 g/mol. The fourth-order valence-electron chi connectivity index (χ4n) is 3.47. The lowest BCUT2D eigenvalue weighted by Gasteiger charge is -2.30. The number of nitrogens with two attached hydrogens (primary N) is 1. The first-order valence-electron chi connectivity index (χ1n) is 11.5. The first-order chi connectivity index (χ1) is 17.4. The fourth-order valence-corrected chi connectivity index (χ4v) is 3.47. The summed E-state index contributed by atoms with van der Waals surface area (Å²) >= 11 is 0. The molecule has 0 radical (unpaired) electrons. The third-order valence-corrected chi connectivity index (χ3v) is 5.14. The normalized spacial score (nSPS) is 12.3. The van der Waals surface area contributed by atoms with Gasteiger partial charge in [0.15, 0.2) is 0 Å². The molecule has 0 saturated heterocycles. The van der Waals surface area contributed by atoms with E-state index in [0.717, 1.165) is 10.5 Å². The van der Waals surface area contributed by atoms with Crippen LogP contribution in [-0.4, -0.2) is 40.4 Å². The predicted octanol–water partition coefficient (Wildman–Crippen LogP) is 3.51. The molecule has 0 spiro atoms. The van der Waals surface area contributed by atoms with Crippen molar-refractivity contribution in [3.05, 3.63) is 71.8 Å². The molecule has 4 amide bonds. The Kier molecular flexibility index (Phi) is 9.60. The van der Waals surface area contributed by atoms with Crippen molar-refractivity contribution in [1.29, 1.82) is 0 Å². The number of primary amides is 1. The minimum absolute atomic E-state index is 0.393. The van der Waals surface area contributed by atoms with E-state index in [-0.39, 0.29) is 0 Å². The van der Waals surface area contributed by atoms with E-state index >= 15 is 0 Å². The summed E-state index contributed by atoms with van der Waals surface area (Å²) in [6, 6.07) is 13.3. The fraction of sp³-hybridized carbons (Fsp3) is 0.286. The highest BCUT2D eigenvalue weighted by Crippen LogP contribution is 2.26. The maximum absolute atomic E-state index is 13.6. The summed E-state index contributed by atoms with van der Waals surface area (Å²) in [5.41, 5.74) is 6.88. The third-order valence-electron chi connectivity index (χ3n) is 5.14. The Balaban J connectivity index is 2.52. The molecule has 0 aromatic heterocycles. The van der Waals surface area contributed by atoms with Crippen LogP contribution in [0.4, 0.5) is 10.5 Å². The average Bonchev–Trinajstić information content (AvgIpc) is 2.81. The van der Waals surface area contributed by atoms with Crippen LogP contribution in [-0.2, 0) is 19.1 Å². The molecule has 194 valence electrons. The van der Waals surface area contributed by atoms with Crippen molar-refractivity contribution in [3.8, 4) is 12.5 Å². The van der Waals surface area contributed by atoms with Crippen LogP contribution in [0.2, 0.25) is 0 Å². The third kappa shape index (κ3) is 8.25. The molecule has 2 aromatic carbocycles. The molecule has 0 bridgehead atoms. The molecule has 2 aromatic rings. The van der Waals surface area contributed by atoms with Crippen molar-refractivity contribution in [2.75, 3.05) is 5.32 Å². The summed E-state index contributed by atoms with van der Waals surface area (Å²) in [6.07, 6.45) is 5.82. The molecule has 37 heavy (non-hydrogen) atoms. The Bertz CT molecular complexity index is 1230. The summed E-state index contributed by atoms with van der Waals surface area (Å²) in [6.45, 7) is 10.5. The number of nitrogens with one attached hydrogen (secondary N) is 2. The summed E-state index contributed by atoms with van der Waals surface area (Å²) in [4.78, 5) is 52.2. The molecule has 2 atom stereocenters. The van der Waals surface area contributed by atoms with E-state index in [0.29, 0.717) is 16.8 Å². The predicted molar refractivity (Wildman–Crippen MR) is 142 cm³/mol. The van der Waals surface area contributed by atoms with E-state index < -0.39 is 47.9 Å². The van der Waals surface area contributed by atoms with Gasteiger partial charge in [0.25, 0.3) is 11.8 Å². The SMILES string of the molecule is C#CN(C(=O)C(CC(N)=O)NC(=O)OC(C)(C)C)C(C(=O)Nc1ccccc1C)c1cccc(C=C)c1. The number of benzene rings is 2. The van der Waals surface area contributed by atoms with Gasteiger partial charge in [0.05, 0.1) is 6.42 Å². The number of aryl methyl sites for hydroxylation is 1. The van der Waals surface area contributed by atoms with Gasteiger partial charge in [-0.05, 0) is 56.5 Å². The Morgan fingerprint density at radius 1 is 1.16 bits per heavy atom. The summed E-state index contributed by atoms with van der Waals surface area (Å²) in [7, 11) is 0. The Morgan fingerprint density at radius 2 is 1.84 bits per heavy atom. The largest absolute Gasteiger partial charge is 0.444 e. The van der Waals surface area contributed by atoms with Crippen LogP contribution in [0, 0.1) is 19.4 Å². The second-order valence-electron chi connectivity index (χ2n) is 9.29. The van der Waals surface area contributed by atoms with E-state index in [1.165, 1.54) is 0 Å². The highest BCUT2D eigenvalue weighted by molar-refractivity contribution is 6.00. The van der Waals surface area contributed by atoms with Gasteiger partial charge in [-0.25, -0.2) is 4.79 Å². The maximum Gasteiger partial charge on any atom is 0.408 e. The van der Waals surface area contributed by atoms with Crippen molar-refractivity contribution in [3.63, 3.8) is 0 Å². The van der Waals surface area contributed by atoms with Gasteiger partial charge in [-0.15, -0.1) is 0 Å². The molecule has 0 saturated carbocycles. The Labute approximate surface area is 217 Å². The van der Waals surface area contributed by atoms with E-state index in [4.69, 9.17) is 16.9 Å². The molecule has 9 nitrogen and oxygen atoms in total. The zero-order valence-corrected chi connectivity index (χ0v) is 21.4. The molecule has 0 fully saturated rings. The van der Waals surface area contributed by atoms with Crippen molar-refractivity contribution in [2.24, 2.45) is 5.73 Å². The Hall–Kier alpha value is -4.58. The van der Waals surface area contributed by atoms with Crippen molar-refractivity contribution in [2.45, 2.75) is 51.8 Å². The zero-order chi connectivity index (χ0) is 27.8. The standard InChI is InChI=1S/C28H32N4O5/c1-7-19-13-11-14-20(16-19)24(25(34)30-21-15-10-9-12-18(21)3)32(8-2)26(35)22(17-23(29)33)31-27(36)37-28(4,5)6/h2,7,9-16,22,24H,1,17H2,3-6H3,(H2,29,33)(H,30,34)(H,31,36). The number of rotatable bonds is 9. The lowest BCUT2D eigenvalue weighted by Crippen LogP contribution is -2.52. The number of carbonyl (C=O) groups is 4. The first kappa shape index (κ1) is 28.7. The molecule has 9 heteroatoms. The monoisotopic (exact) mass is 504 g/mol. The maximum atomic E-state index is 13.6. The smallest absolute Gasteiger partial charge is 0.408 e. The number of hydrogen-bond acceptors (Lipinski definition) is 5. The van der Waals surface area contributed by atoms with E-state index in [2.05, 4.69) is 23.3 Å². The number of alkyl carbamates (subject to hydrolysis) is 1. The molecular weight excluding hydrogens is 472 g/mol. The molecule has 0 heterocycles. The number of nitrogens with zero attached hydrogens (tertiary/aromatic N) is 1. The number of ether oxygens (including phenoxy) is 1. The Morgan fingerprint density at radius 3 is 2.41 bits per heavy atom. The van der Waals surface area contributed by atoms with Gasteiger partial charge in [-0.1, -0.05) is 55.5 Å². The minimum atomic E-state index is -1.47. The van der Waals surface area contributed by atoms with Crippen LogP contribution < -0.4 is 16.4 Å². The van der Waals surface area contributed by atoms with Crippen LogP contribution in [0.25, 0.3) is 6.08 Å². The first-order valence-corrected chi connectivity index (χ1v) is 11.5. The second kappa shape index (κ2) is 12.4. The zero-order valence-electron chi connectivity index (χ0n) is 21.4. The lowest BCUT2D eigenvalue weighted by molar-refractivity contribution is -0.138. The lowest BCUT2D eigenvalue weighted by atomic mass is 10.00. The van der Waals surface area contributed by atoms with Crippen LogP contribution in [0.3, 0.4) is 0 Å². The van der Waals surface area contributed by atoms with Crippen molar-refractivity contribution in [1.82, 2.24) is 10.2 Å². The van der Waals surface area contributed by atoms with E-state index in [9.17, 15) is 19.2 Å². The van der Waals surface area contributed by atoms with Crippen molar-refractivity contribution >= 4 is 35.6 Å². The molecule has 2 unspecified atom stereocenters. The highest BCUT2D eigenvalue weighted by Gasteiger charge is 2.36. The molecular formula is C28H32N4O5. The molecule has 2 rings (SSSR count). The second-order valence-corrected chi connectivity index (χ2v) is 9.29. The molecule has 0 aliphatic heterocycles. The number of para-hydroxylation sites is 1. The van der Waals surface area contributed by atoms with Crippen molar-refractivity contribution < 1.29 is 23.9 Å². The van der Waals surface area contributed by atoms with E-state index in [1.807, 2.05) is 19.1 Å². The molecule has 4 N–H and O–H groups in total. The number of terminal acetylenes is 1. The molecule has 0 aliphatic carbocycles. The van der Waals surface area contributed by atoms with Crippen LogP contribution in [0.5, 0.6) is 0 Å². The van der Waals surface area contributed by atoms with Gasteiger partial charge in [0.2, 0.25) is 5.91 Å². The summed E-state index contributed by atoms with van der Waals surface area (Å²) < 4.78 is 5.21. The van der Waals surface area contributed by atoms with Gasteiger partial charge in [0, 0.05) is 11.7 Å². The van der Waals surface area contributed by atoms with Gasteiger partial charge in [-0.2, -0.15) is 0 Å². The van der Waals surface area contributed by atoms with Gasteiger partial charge < -0.3 is 21.1 Å². The number of amides is 4. The van der Waals surface area contributed by atoms with Crippen LogP contribution in [0.15, 0.2) is 55.1 Å². The van der Waals surface area contributed by atoms with Gasteiger partial charge in [-0.3, -0.25) is 19.3 Å². The number of carbonyl (C=O) groups excluding carboxylic acids is 4. The van der Waals surface area contributed by atoms with Crippen LogP contribution >= 0.6 is 0 Å². The van der Waals surface area contributed by atoms with Crippen LogP contribution in [0.1, 0.15) is 49.9 Å². The quantitative estimate of drug-likeness (QED) is 0.355. The topological polar surface area (TPSA) is 131 Å². The molecule has 0 aliphatic rings. The highest BCUT2D eigenvalue weighted by atomic mass is 16.6. The number of anilines is 1. The van der Waals surface area contributed by atoms with E-state index in [1.54, 1.807) is 63.2 Å². The van der Waals surface area contributed by atoms with Gasteiger partial charge >= 0.3 is 6.09 Å².